The van der Waals surface area contributed by atoms with Crippen LogP contribution in [0.25, 0.3) is 22.3 Å². The summed E-state index contributed by atoms with van der Waals surface area (Å²) in [7, 11) is 2.70. The summed E-state index contributed by atoms with van der Waals surface area (Å²) in [6.07, 6.45) is -15.2. The van der Waals surface area contributed by atoms with Crippen molar-refractivity contribution in [2.75, 3.05) is 20.8 Å². The van der Waals surface area contributed by atoms with Crippen molar-refractivity contribution in [2.45, 2.75) is 82.2 Å². The van der Waals surface area contributed by atoms with Crippen LogP contribution in [0.2, 0.25) is 0 Å². The number of aromatic hydroxyl groups is 1. The number of rotatable bonds is 10. The number of phenolic OH excluding ortho intramolecular Hbond substituents is 1. The number of phenols is 1. The molecule has 0 amide bonds. The number of benzene rings is 2. The standard InChI is InChI=1S/C33H38O17/c1-13-24(37)30(46-14(2)34)31(47-15(3)35)33(45-13)44-12-22-25(38)27(40)28(41)32(50-22)49-21-11-20-23(26(39)29(21)43-5)18(36)10-19(48-20)16-6-8-17(42-4)9-7-16/h6-11,13,22,24-25,27-28,30-33,37-41H,12H2,1-5H3/t13-,22+,24-,25+,27-,28+,30+,31+,32+,33+/m0/s1. The molecular weight excluding hydrogens is 668 g/mol. The van der Waals surface area contributed by atoms with E-state index in [2.05, 4.69) is 0 Å². The van der Waals surface area contributed by atoms with E-state index in [0.717, 1.165) is 13.8 Å². The summed E-state index contributed by atoms with van der Waals surface area (Å²) in [6, 6.07) is 9.08. The lowest BCUT2D eigenvalue weighted by molar-refractivity contribution is -0.320. The predicted octanol–water partition coefficient (Wildman–Crippen LogP) is 0.355. The molecule has 17 heteroatoms. The van der Waals surface area contributed by atoms with Gasteiger partial charge in [-0.05, 0) is 31.2 Å². The zero-order valence-electron chi connectivity index (χ0n) is 27.6. The lowest BCUT2D eigenvalue weighted by Crippen LogP contribution is -2.62. The second-order valence-electron chi connectivity index (χ2n) is 11.6. The van der Waals surface area contributed by atoms with E-state index in [4.69, 9.17) is 42.3 Å². The number of hydrogen-bond donors (Lipinski definition) is 5. The quantitative estimate of drug-likeness (QED) is 0.179. The molecule has 5 N–H and O–H groups in total. The molecule has 0 radical (unpaired) electrons. The molecule has 2 aliphatic heterocycles. The van der Waals surface area contributed by atoms with Crippen LogP contribution in [-0.2, 0) is 33.3 Å². The topological polar surface area (TPSA) is 239 Å². The highest BCUT2D eigenvalue weighted by Crippen LogP contribution is 2.43. The average molecular weight is 707 g/mol. The van der Waals surface area contributed by atoms with Crippen LogP contribution in [0.1, 0.15) is 20.8 Å². The zero-order chi connectivity index (χ0) is 36.4. The normalized spacial score (nSPS) is 29.6. The Labute approximate surface area is 284 Å². The Balaban J connectivity index is 1.41. The Hall–Kier alpha value is -4.49. The van der Waals surface area contributed by atoms with Crippen LogP contribution in [0.3, 0.4) is 0 Å². The van der Waals surface area contributed by atoms with Crippen molar-refractivity contribution in [2.24, 2.45) is 0 Å². The minimum Gasteiger partial charge on any atom is -0.504 e. The van der Waals surface area contributed by atoms with Gasteiger partial charge in [0.15, 0.2) is 35.4 Å². The van der Waals surface area contributed by atoms with Crippen molar-refractivity contribution in [1.82, 2.24) is 0 Å². The van der Waals surface area contributed by atoms with E-state index in [1.807, 2.05) is 0 Å². The minimum absolute atomic E-state index is 0.119. The van der Waals surface area contributed by atoms with E-state index in [-0.39, 0.29) is 28.2 Å². The van der Waals surface area contributed by atoms with Gasteiger partial charge in [-0.15, -0.1) is 0 Å². The largest absolute Gasteiger partial charge is 0.504 e. The van der Waals surface area contributed by atoms with Gasteiger partial charge in [-0.1, -0.05) is 0 Å². The molecule has 2 saturated heterocycles. The second kappa shape index (κ2) is 15.2. The summed E-state index contributed by atoms with van der Waals surface area (Å²) >= 11 is 0. The fourth-order valence-electron chi connectivity index (χ4n) is 5.67. The van der Waals surface area contributed by atoms with Crippen molar-refractivity contribution in [3.63, 3.8) is 0 Å². The number of carbonyl (C=O) groups excluding carboxylic acids is 2. The van der Waals surface area contributed by atoms with Crippen molar-refractivity contribution < 1.29 is 77.4 Å². The van der Waals surface area contributed by atoms with Crippen molar-refractivity contribution >= 4 is 22.9 Å². The van der Waals surface area contributed by atoms with E-state index in [1.165, 1.54) is 33.3 Å². The van der Waals surface area contributed by atoms with Crippen LogP contribution in [0.15, 0.2) is 45.6 Å². The van der Waals surface area contributed by atoms with Gasteiger partial charge in [-0.2, -0.15) is 0 Å². The van der Waals surface area contributed by atoms with E-state index in [1.54, 1.807) is 24.3 Å². The third-order valence-corrected chi connectivity index (χ3v) is 8.19. The SMILES string of the molecule is COc1ccc(-c2cc(=O)c3c(O)c(OC)c(O[C@@H]4O[C@H](CO[C@@H]5O[C@@H](C)[C@H](O)[C@@H](OC(C)=O)[C@H]5OC(C)=O)[C@@H](O)[C@H](O)[C@H]4O)cc3o2)cc1. The molecule has 0 spiro atoms. The van der Waals surface area contributed by atoms with Crippen molar-refractivity contribution in [1.29, 1.82) is 0 Å². The van der Waals surface area contributed by atoms with Gasteiger partial charge in [0.1, 0.15) is 53.0 Å². The molecule has 0 saturated carbocycles. The Morgan fingerprint density at radius 3 is 2.10 bits per heavy atom. The van der Waals surface area contributed by atoms with Crippen LogP contribution in [0.5, 0.6) is 23.0 Å². The zero-order valence-corrected chi connectivity index (χ0v) is 27.6. The maximum Gasteiger partial charge on any atom is 0.303 e. The number of aliphatic hydroxyl groups is 4. The van der Waals surface area contributed by atoms with Gasteiger partial charge in [-0.25, -0.2) is 0 Å². The number of hydrogen-bond acceptors (Lipinski definition) is 17. The summed E-state index contributed by atoms with van der Waals surface area (Å²) in [6.45, 7) is 3.09. The number of ether oxygens (including phenoxy) is 8. The second-order valence-corrected chi connectivity index (χ2v) is 11.6. The number of esters is 2. The lowest BCUT2D eigenvalue weighted by atomic mass is 9.98. The fraction of sp³-hybridized carbons (Fsp3) is 0.485. The first-order valence-electron chi connectivity index (χ1n) is 15.4. The molecule has 0 unspecified atom stereocenters. The number of methoxy groups -OCH3 is 2. The lowest BCUT2D eigenvalue weighted by Gasteiger charge is -2.43. The van der Waals surface area contributed by atoms with Crippen molar-refractivity contribution in [3.8, 4) is 34.3 Å². The van der Waals surface area contributed by atoms with Crippen LogP contribution < -0.4 is 19.6 Å². The molecule has 2 aliphatic rings. The fourth-order valence-corrected chi connectivity index (χ4v) is 5.67. The summed E-state index contributed by atoms with van der Waals surface area (Å²) in [4.78, 5) is 36.7. The molecule has 3 aromatic rings. The molecule has 2 aromatic carbocycles. The average Bonchev–Trinajstić information content (AvgIpc) is 3.07. The summed E-state index contributed by atoms with van der Waals surface area (Å²) in [5.74, 6) is -2.06. The smallest absolute Gasteiger partial charge is 0.303 e. The van der Waals surface area contributed by atoms with Crippen molar-refractivity contribution in [3.05, 3.63) is 46.6 Å². The molecule has 50 heavy (non-hydrogen) atoms. The Bertz CT molecular complexity index is 1740. The first-order valence-corrected chi connectivity index (χ1v) is 15.4. The van der Waals surface area contributed by atoms with Gasteiger partial charge in [0, 0.05) is 31.5 Å². The highest BCUT2D eigenvalue weighted by atomic mass is 16.7. The Morgan fingerprint density at radius 2 is 1.48 bits per heavy atom. The first kappa shape index (κ1) is 36.8. The highest BCUT2D eigenvalue weighted by molar-refractivity contribution is 5.89. The van der Waals surface area contributed by atoms with Gasteiger partial charge in [0.2, 0.25) is 12.0 Å². The molecular formula is C33H38O17. The molecule has 1 aromatic heterocycles. The van der Waals surface area contributed by atoms with Crippen LogP contribution >= 0.6 is 0 Å². The van der Waals surface area contributed by atoms with Gasteiger partial charge in [0.05, 0.1) is 26.9 Å². The molecule has 5 rings (SSSR count). The monoisotopic (exact) mass is 706 g/mol. The van der Waals surface area contributed by atoms with Gasteiger partial charge in [0.25, 0.3) is 0 Å². The summed E-state index contributed by atoms with van der Waals surface area (Å²) in [5, 5.41) is 53.7. The highest BCUT2D eigenvalue weighted by Gasteiger charge is 2.50. The first-order chi connectivity index (χ1) is 23.7. The third-order valence-electron chi connectivity index (χ3n) is 8.19. The molecule has 272 valence electrons. The van der Waals surface area contributed by atoms with Crippen LogP contribution in [0, 0.1) is 0 Å². The Morgan fingerprint density at radius 1 is 0.820 bits per heavy atom. The predicted molar refractivity (Wildman–Crippen MR) is 167 cm³/mol. The van der Waals surface area contributed by atoms with E-state index in [0.29, 0.717) is 11.3 Å². The number of aliphatic hydroxyl groups excluding tert-OH is 4. The molecule has 10 atom stereocenters. The number of carbonyl (C=O) groups is 2. The van der Waals surface area contributed by atoms with E-state index in [9.17, 15) is 39.9 Å². The molecule has 17 nitrogen and oxygen atoms in total. The van der Waals surface area contributed by atoms with Gasteiger partial charge >= 0.3 is 11.9 Å². The van der Waals surface area contributed by atoms with E-state index < -0.39 is 91.1 Å². The van der Waals surface area contributed by atoms with Gasteiger partial charge in [-0.3, -0.25) is 14.4 Å². The Kier molecular flexibility index (Phi) is 11.2. The maximum absolute atomic E-state index is 13.1. The molecule has 0 aliphatic carbocycles. The van der Waals surface area contributed by atoms with Crippen LogP contribution in [0.4, 0.5) is 0 Å². The molecule has 3 heterocycles. The summed E-state index contributed by atoms with van der Waals surface area (Å²) in [5.41, 5.74) is -0.194. The van der Waals surface area contributed by atoms with Crippen LogP contribution in [-0.4, -0.2) is 120 Å². The minimum atomic E-state index is -1.86. The summed E-state index contributed by atoms with van der Waals surface area (Å²) < 4.78 is 49.9. The van der Waals surface area contributed by atoms with E-state index >= 15 is 0 Å². The third kappa shape index (κ3) is 7.48. The molecule has 0 bridgehead atoms. The van der Waals surface area contributed by atoms with Gasteiger partial charge < -0.3 is 67.8 Å². The molecule has 2 fully saturated rings. The number of fused-ring (bicyclic) bond motifs is 1. The maximum atomic E-state index is 13.1.